The van der Waals surface area contributed by atoms with Crippen LogP contribution < -0.4 is 0 Å². The van der Waals surface area contributed by atoms with Gasteiger partial charge in [-0.15, -0.1) is 0 Å². The van der Waals surface area contributed by atoms with Crippen LogP contribution in [0.2, 0.25) is 0 Å². The smallest absolute Gasteiger partial charge is 0.411 e. The quantitative estimate of drug-likeness (QED) is 0.797. The third kappa shape index (κ3) is 2.39. The van der Waals surface area contributed by atoms with Crippen molar-refractivity contribution in [3.05, 3.63) is 24.3 Å². The van der Waals surface area contributed by atoms with Crippen molar-refractivity contribution in [1.29, 1.82) is 0 Å². The molecule has 0 N–H and O–H groups in total. The molecule has 5 heteroatoms. The summed E-state index contributed by atoms with van der Waals surface area (Å²) in [6, 6.07) is 2.06. The van der Waals surface area contributed by atoms with Crippen LogP contribution in [0.1, 0.15) is 52.8 Å². The number of carbonyl (C=O) groups is 1. The Balaban J connectivity index is 1.91. The number of hydrogen-bond acceptors (Lipinski definition) is 4. The van der Waals surface area contributed by atoms with Crippen molar-refractivity contribution in [3.63, 3.8) is 0 Å². The summed E-state index contributed by atoms with van der Waals surface area (Å²) >= 11 is 0. The van der Waals surface area contributed by atoms with Crippen LogP contribution in [0.3, 0.4) is 0 Å². The Morgan fingerprint density at radius 2 is 2.00 bits per heavy atom. The van der Waals surface area contributed by atoms with Crippen molar-refractivity contribution in [2.45, 2.75) is 64.1 Å². The maximum atomic E-state index is 12.6. The molecule has 1 amide bonds. The number of aromatic nitrogens is 2. The number of fused-ring (bicyclic) bond motifs is 2. The van der Waals surface area contributed by atoms with E-state index >= 15 is 0 Å². The lowest BCUT2D eigenvalue weighted by Crippen LogP contribution is -2.70. The first-order valence-corrected chi connectivity index (χ1v) is 7.62. The molecule has 3 aliphatic rings. The van der Waals surface area contributed by atoms with Gasteiger partial charge in [0.25, 0.3) is 0 Å². The van der Waals surface area contributed by atoms with E-state index in [1.807, 2.05) is 25.7 Å². The maximum Gasteiger partial charge on any atom is 0.411 e. The first-order chi connectivity index (χ1) is 9.82. The van der Waals surface area contributed by atoms with E-state index in [1.165, 1.54) is 0 Å². The van der Waals surface area contributed by atoms with Gasteiger partial charge in [-0.3, -0.25) is 4.90 Å². The third-order valence-corrected chi connectivity index (χ3v) is 4.33. The molecule has 3 unspecified atom stereocenters. The molecule has 1 aromatic heterocycles. The molecule has 2 saturated heterocycles. The van der Waals surface area contributed by atoms with Crippen LogP contribution >= 0.6 is 0 Å². The molecule has 0 aromatic carbocycles. The van der Waals surface area contributed by atoms with Crippen LogP contribution in [-0.4, -0.2) is 32.6 Å². The molecule has 3 heterocycles. The van der Waals surface area contributed by atoms with Crippen LogP contribution in [0.5, 0.6) is 0 Å². The van der Waals surface area contributed by atoms with Crippen molar-refractivity contribution in [2.75, 3.05) is 0 Å². The fourth-order valence-electron chi connectivity index (χ4n) is 3.78. The Kier molecular flexibility index (Phi) is 3.19. The lowest BCUT2D eigenvalue weighted by molar-refractivity contribution is -0.132. The second-order valence-electron chi connectivity index (χ2n) is 7.36. The lowest BCUT2D eigenvalue weighted by atomic mass is 9.64. The minimum absolute atomic E-state index is 0.238. The molecule has 4 rings (SSSR count). The zero-order valence-electron chi connectivity index (χ0n) is 13.2. The summed E-state index contributed by atoms with van der Waals surface area (Å²) in [6.45, 7) is 7.93. The zero-order chi connectivity index (χ0) is 15.3. The molecule has 1 aromatic rings. The number of ether oxygens (including phenoxy) is 1. The van der Waals surface area contributed by atoms with E-state index in [2.05, 4.69) is 16.9 Å². The number of amides is 1. The van der Waals surface area contributed by atoms with Crippen molar-refractivity contribution < 1.29 is 9.53 Å². The maximum absolute atomic E-state index is 12.6. The van der Waals surface area contributed by atoms with Gasteiger partial charge in [-0.25, -0.2) is 14.8 Å². The summed E-state index contributed by atoms with van der Waals surface area (Å²) in [5.74, 6) is 1.32. The highest BCUT2D eigenvalue weighted by Crippen LogP contribution is 2.55. The minimum Gasteiger partial charge on any atom is -0.444 e. The molecule has 0 radical (unpaired) electrons. The van der Waals surface area contributed by atoms with Crippen LogP contribution in [-0.2, 0) is 10.3 Å². The molecule has 1 saturated carbocycles. The molecule has 3 atom stereocenters. The van der Waals surface area contributed by atoms with Gasteiger partial charge in [0.2, 0.25) is 0 Å². The fraction of sp³-hybridized carbons (Fsp3) is 0.688. The van der Waals surface area contributed by atoms with Gasteiger partial charge in [-0.05, 0) is 52.0 Å². The predicted octanol–water partition coefficient (Wildman–Crippen LogP) is 3.11. The monoisotopic (exact) mass is 289 g/mol. The molecule has 1 aliphatic carbocycles. The van der Waals surface area contributed by atoms with E-state index in [0.717, 1.165) is 25.1 Å². The molecule has 114 valence electrons. The van der Waals surface area contributed by atoms with Crippen LogP contribution in [0.25, 0.3) is 0 Å². The van der Waals surface area contributed by atoms with Crippen molar-refractivity contribution in [3.8, 4) is 0 Å². The zero-order valence-corrected chi connectivity index (χ0v) is 13.2. The summed E-state index contributed by atoms with van der Waals surface area (Å²) in [7, 11) is 0. The normalized spacial score (nSPS) is 31.5. The van der Waals surface area contributed by atoms with E-state index in [9.17, 15) is 4.79 Å². The second-order valence-corrected chi connectivity index (χ2v) is 7.36. The van der Waals surface area contributed by atoms with Gasteiger partial charge in [0, 0.05) is 18.4 Å². The van der Waals surface area contributed by atoms with E-state index in [0.29, 0.717) is 5.92 Å². The van der Waals surface area contributed by atoms with Gasteiger partial charge in [0.05, 0.1) is 0 Å². The van der Waals surface area contributed by atoms with Gasteiger partial charge in [0.1, 0.15) is 11.1 Å². The average molecular weight is 289 g/mol. The Bertz CT molecular complexity index is 540. The number of nitrogens with zero attached hydrogens (tertiary/aromatic N) is 3. The Hall–Kier alpha value is -1.65. The number of hydrogen-bond donors (Lipinski definition) is 0. The predicted molar refractivity (Wildman–Crippen MR) is 78.6 cm³/mol. The van der Waals surface area contributed by atoms with Crippen molar-refractivity contribution in [2.24, 2.45) is 5.92 Å². The molecule has 5 nitrogen and oxygen atoms in total. The van der Waals surface area contributed by atoms with E-state index in [1.54, 1.807) is 18.5 Å². The third-order valence-electron chi connectivity index (χ3n) is 4.33. The molecule has 2 aliphatic heterocycles. The van der Waals surface area contributed by atoms with Crippen molar-refractivity contribution >= 4 is 6.09 Å². The summed E-state index contributed by atoms with van der Waals surface area (Å²) in [6.07, 6.45) is 6.15. The van der Waals surface area contributed by atoms with Crippen LogP contribution in [0.15, 0.2) is 18.5 Å². The van der Waals surface area contributed by atoms with E-state index < -0.39 is 5.60 Å². The average Bonchev–Trinajstić information content (AvgIpc) is 2.36. The molecule has 0 spiro atoms. The van der Waals surface area contributed by atoms with Gasteiger partial charge in [-0.2, -0.15) is 0 Å². The van der Waals surface area contributed by atoms with Gasteiger partial charge < -0.3 is 4.74 Å². The molecular formula is C16H23N3O2. The highest BCUT2D eigenvalue weighted by atomic mass is 16.6. The highest BCUT2D eigenvalue weighted by Gasteiger charge is 2.61. The summed E-state index contributed by atoms with van der Waals surface area (Å²) in [5, 5.41) is 0. The van der Waals surface area contributed by atoms with Crippen LogP contribution in [0.4, 0.5) is 4.79 Å². The van der Waals surface area contributed by atoms with Crippen molar-refractivity contribution in [1.82, 2.24) is 14.9 Å². The van der Waals surface area contributed by atoms with E-state index in [4.69, 9.17) is 4.74 Å². The van der Waals surface area contributed by atoms with Gasteiger partial charge >= 0.3 is 6.09 Å². The molecular weight excluding hydrogens is 266 g/mol. The Morgan fingerprint density at radius 3 is 2.62 bits per heavy atom. The Morgan fingerprint density at radius 1 is 1.33 bits per heavy atom. The summed E-state index contributed by atoms with van der Waals surface area (Å²) in [4.78, 5) is 23.3. The van der Waals surface area contributed by atoms with Gasteiger partial charge in [-0.1, -0.05) is 6.92 Å². The topological polar surface area (TPSA) is 55.3 Å². The second kappa shape index (κ2) is 4.68. The largest absolute Gasteiger partial charge is 0.444 e. The Labute approximate surface area is 125 Å². The summed E-state index contributed by atoms with van der Waals surface area (Å²) in [5.41, 5.74) is -0.850. The number of carbonyl (C=O) groups excluding carboxylic acids is 1. The number of rotatable bonds is 1. The molecule has 3 fully saturated rings. The fourth-order valence-corrected chi connectivity index (χ4v) is 3.78. The first kappa shape index (κ1) is 14.3. The SMILES string of the molecule is CC1CC2CC(c3ncccn3)(C1)N2C(=O)OC(C)(C)C. The minimum atomic E-state index is -0.481. The molecule has 2 bridgehead atoms. The lowest BCUT2D eigenvalue weighted by Gasteiger charge is -2.61. The highest BCUT2D eigenvalue weighted by molar-refractivity contribution is 5.71. The van der Waals surface area contributed by atoms with Crippen LogP contribution in [0, 0.1) is 5.92 Å². The van der Waals surface area contributed by atoms with Gasteiger partial charge in [0.15, 0.2) is 5.82 Å². The number of piperidine rings is 1. The first-order valence-electron chi connectivity index (χ1n) is 7.62. The summed E-state index contributed by atoms with van der Waals surface area (Å²) < 4.78 is 5.59. The van der Waals surface area contributed by atoms with E-state index in [-0.39, 0.29) is 17.7 Å². The molecule has 21 heavy (non-hydrogen) atoms. The standard InChI is InChI=1S/C16H23N3O2/c1-11-8-12-10-16(9-11,13-17-6-5-7-18-13)19(12)14(20)21-15(2,3)4/h5-7,11-12H,8-10H2,1-4H3.